The van der Waals surface area contributed by atoms with Crippen LogP contribution in [0, 0.1) is 0 Å². The van der Waals surface area contributed by atoms with Crippen LogP contribution in [-0.4, -0.2) is 32.8 Å². The number of ether oxygens (including phenoxy) is 1. The number of hydrogen-bond donors (Lipinski definition) is 1. The molecule has 0 unspecified atom stereocenters. The van der Waals surface area contributed by atoms with E-state index in [1.807, 2.05) is 0 Å². The minimum Gasteiger partial charge on any atom is -0.461 e. The van der Waals surface area contributed by atoms with E-state index in [4.69, 9.17) is 9.15 Å². The van der Waals surface area contributed by atoms with E-state index < -0.39 is 23.2 Å². The number of esters is 1. The summed E-state index contributed by atoms with van der Waals surface area (Å²) >= 11 is 1.08. The van der Waals surface area contributed by atoms with Crippen LogP contribution >= 0.6 is 11.3 Å². The van der Waals surface area contributed by atoms with Gasteiger partial charge in [-0.1, -0.05) is 30.3 Å². The van der Waals surface area contributed by atoms with Crippen LogP contribution in [0.2, 0.25) is 0 Å². The average Bonchev–Trinajstić information content (AvgIpc) is 3.41. The number of nitrogens with one attached hydrogen (secondary N) is 1. The maximum Gasteiger partial charge on any atom is 0.420 e. The maximum atomic E-state index is 13.4. The average molecular weight is 490 g/mol. The molecule has 0 aliphatic heterocycles. The summed E-state index contributed by atoms with van der Waals surface area (Å²) in [7, 11) is 0. The van der Waals surface area contributed by atoms with Gasteiger partial charge in [-0.3, -0.25) is 14.2 Å². The lowest BCUT2D eigenvalue weighted by atomic mass is 10.2. The molecule has 5 aromatic rings. The molecule has 0 fully saturated rings. The molecule has 1 amide bonds. The number of rotatable bonds is 6. The molecule has 5 rings (SSSR count). The van der Waals surface area contributed by atoms with Gasteiger partial charge >= 0.3 is 11.7 Å². The molecule has 3 aromatic heterocycles. The van der Waals surface area contributed by atoms with Crippen LogP contribution in [0.25, 0.3) is 27.6 Å². The number of para-hydroxylation sites is 3. The van der Waals surface area contributed by atoms with E-state index in [-0.39, 0.29) is 34.6 Å². The first-order valence-electron chi connectivity index (χ1n) is 10.6. The molecule has 3 heterocycles. The SMILES string of the molecule is CCOC(=O)c1nn(-c2ccccc2)c(=O)c2c(NC(=O)Cn3c(=O)oc4ccccc43)scc12. The molecule has 0 spiro atoms. The van der Waals surface area contributed by atoms with E-state index >= 15 is 0 Å². The van der Waals surface area contributed by atoms with Gasteiger partial charge in [-0.25, -0.2) is 9.59 Å². The summed E-state index contributed by atoms with van der Waals surface area (Å²) in [6.45, 7) is 1.48. The van der Waals surface area contributed by atoms with Crippen molar-refractivity contribution in [3.8, 4) is 5.69 Å². The van der Waals surface area contributed by atoms with Crippen LogP contribution in [0.15, 0.2) is 74.0 Å². The summed E-state index contributed by atoms with van der Waals surface area (Å²) in [5.41, 5.74) is 0.734. The molecular weight excluding hydrogens is 472 g/mol. The van der Waals surface area contributed by atoms with Crippen molar-refractivity contribution in [2.24, 2.45) is 0 Å². The predicted molar refractivity (Wildman–Crippen MR) is 130 cm³/mol. The normalized spacial score (nSPS) is 11.1. The van der Waals surface area contributed by atoms with Crippen molar-refractivity contribution in [1.82, 2.24) is 14.3 Å². The van der Waals surface area contributed by atoms with Gasteiger partial charge in [-0.05, 0) is 31.2 Å². The zero-order chi connectivity index (χ0) is 24.5. The van der Waals surface area contributed by atoms with Crippen LogP contribution in [-0.2, 0) is 16.1 Å². The van der Waals surface area contributed by atoms with Crippen molar-refractivity contribution >= 4 is 50.1 Å². The van der Waals surface area contributed by atoms with Crippen molar-refractivity contribution in [2.75, 3.05) is 11.9 Å². The van der Waals surface area contributed by atoms with Crippen LogP contribution in [0.1, 0.15) is 17.4 Å². The van der Waals surface area contributed by atoms with Crippen molar-refractivity contribution in [3.05, 3.63) is 86.6 Å². The molecule has 0 aliphatic rings. The van der Waals surface area contributed by atoms with Crippen molar-refractivity contribution < 1.29 is 18.7 Å². The summed E-state index contributed by atoms with van der Waals surface area (Å²) in [6, 6.07) is 15.4. The smallest absolute Gasteiger partial charge is 0.420 e. The highest BCUT2D eigenvalue weighted by atomic mass is 32.1. The standard InChI is InChI=1S/C24H18N4O6S/c1-2-33-23(31)20-15-13-35-21(19(15)22(30)28(26-20)14-8-4-3-5-9-14)25-18(29)12-27-16-10-6-7-11-17(16)34-24(27)32/h3-11,13H,2,12H2,1H3,(H,25,29). The molecule has 0 bridgehead atoms. The van der Waals surface area contributed by atoms with E-state index in [0.29, 0.717) is 16.8 Å². The van der Waals surface area contributed by atoms with E-state index in [1.165, 1.54) is 4.57 Å². The third-order valence-corrected chi connectivity index (χ3v) is 6.15. The van der Waals surface area contributed by atoms with Crippen molar-refractivity contribution in [2.45, 2.75) is 13.5 Å². The quantitative estimate of drug-likeness (QED) is 0.362. The molecule has 0 saturated carbocycles. The third kappa shape index (κ3) is 4.02. The second-order valence-corrected chi connectivity index (χ2v) is 8.32. The molecule has 0 radical (unpaired) electrons. The Bertz CT molecular complexity index is 1700. The number of amides is 1. The first kappa shape index (κ1) is 22.3. The molecule has 0 atom stereocenters. The maximum absolute atomic E-state index is 13.4. The van der Waals surface area contributed by atoms with Gasteiger partial charge < -0.3 is 14.5 Å². The largest absolute Gasteiger partial charge is 0.461 e. The predicted octanol–water partition coefficient (Wildman–Crippen LogP) is 3.17. The topological polar surface area (TPSA) is 125 Å². The first-order valence-corrected chi connectivity index (χ1v) is 11.5. The molecule has 1 N–H and O–H groups in total. The Labute approximate surface area is 201 Å². The number of carbonyl (C=O) groups is 2. The summed E-state index contributed by atoms with van der Waals surface area (Å²) in [6.07, 6.45) is 0. The number of hydrogen-bond acceptors (Lipinski definition) is 8. The highest BCUT2D eigenvalue weighted by Gasteiger charge is 2.23. The lowest BCUT2D eigenvalue weighted by Crippen LogP contribution is -2.27. The van der Waals surface area contributed by atoms with E-state index in [1.54, 1.807) is 66.9 Å². The molecule has 11 heteroatoms. The fraction of sp³-hybridized carbons (Fsp3) is 0.125. The number of fused-ring (bicyclic) bond motifs is 2. The van der Waals surface area contributed by atoms with Gasteiger partial charge in [0.15, 0.2) is 11.3 Å². The van der Waals surface area contributed by atoms with Gasteiger partial charge in [0, 0.05) is 10.8 Å². The number of oxazole rings is 1. The molecule has 2 aromatic carbocycles. The zero-order valence-corrected chi connectivity index (χ0v) is 19.2. The summed E-state index contributed by atoms with van der Waals surface area (Å²) < 4.78 is 12.6. The fourth-order valence-corrected chi connectivity index (χ4v) is 4.66. The molecule has 176 valence electrons. The Morgan fingerprint density at radius 1 is 1.09 bits per heavy atom. The third-order valence-electron chi connectivity index (χ3n) is 5.25. The van der Waals surface area contributed by atoms with E-state index in [9.17, 15) is 19.2 Å². The second-order valence-electron chi connectivity index (χ2n) is 7.45. The van der Waals surface area contributed by atoms with E-state index in [0.717, 1.165) is 16.0 Å². The van der Waals surface area contributed by atoms with Crippen LogP contribution < -0.4 is 16.6 Å². The number of benzene rings is 2. The first-order chi connectivity index (χ1) is 17.0. The number of carbonyl (C=O) groups excluding carboxylic acids is 2. The van der Waals surface area contributed by atoms with Gasteiger partial charge in [0.2, 0.25) is 5.91 Å². The highest BCUT2D eigenvalue weighted by Crippen LogP contribution is 2.30. The Morgan fingerprint density at radius 3 is 2.60 bits per heavy atom. The second kappa shape index (κ2) is 9.03. The highest BCUT2D eigenvalue weighted by molar-refractivity contribution is 7.16. The van der Waals surface area contributed by atoms with Gasteiger partial charge in [0.1, 0.15) is 11.5 Å². The summed E-state index contributed by atoms with van der Waals surface area (Å²) in [5, 5.41) is 9.14. The van der Waals surface area contributed by atoms with Gasteiger partial charge in [0.25, 0.3) is 5.56 Å². The fourth-order valence-electron chi connectivity index (χ4n) is 3.71. The van der Waals surface area contributed by atoms with Crippen molar-refractivity contribution in [3.63, 3.8) is 0 Å². The molecule has 0 aliphatic carbocycles. The van der Waals surface area contributed by atoms with E-state index in [2.05, 4.69) is 10.4 Å². The minimum atomic E-state index is -0.686. The lowest BCUT2D eigenvalue weighted by molar-refractivity contribution is -0.116. The summed E-state index contributed by atoms with van der Waals surface area (Å²) in [4.78, 5) is 51.1. The monoisotopic (exact) mass is 490 g/mol. The van der Waals surface area contributed by atoms with Crippen molar-refractivity contribution in [1.29, 1.82) is 0 Å². The number of anilines is 1. The zero-order valence-electron chi connectivity index (χ0n) is 18.4. The lowest BCUT2D eigenvalue weighted by Gasteiger charge is -2.10. The Hall–Kier alpha value is -4.51. The Balaban J connectivity index is 1.58. The number of thiophene rings is 1. The molecule has 35 heavy (non-hydrogen) atoms. The molecular formula is C24H18N4O6S. The number of aromatic nitrogens is 3. The summed E-state index contributed by atoms with van der Waals surface area (Å²) in [5.74, 6) is -1.89. The van der Waals surface area contributed by atoms with Crippen LogP contribution in [0.3, 0.4) is 0 Å². The van der Waals surface area contributed by atoms with Crippen LogP contribution in [0.4, 0.5) is 5.00 Å². The molecule has 0 saturated heterocycles. The minimum absolute atomic E-state index is 0.0425. The Kier molecular flexibility index (Phi) is 5.75. The van der Waals surface area contributed by atoms with Gasteiger partial charge in [-0.2, -0.15) is 9.78 Å². The Morgan fingerprint density at radius 2 is 1.83 bits per heavy atom. The number of nitrogens with zero attached hydrogens (tertiary/aromatic N) is 3. The van der Waals surface area contributed by atoms with Crippen LogP contribution in [0.5, 0.6) is 0 Å². The van der Waals surface area contributed by atoms with Gasteiger partial charge in [0.05, 0.1) is 23.2 Å². The van der Waals surface area contributed by atoms with Gasteiger partial charge in [-0.15, -0.1) is 11.3 Å². The molecule has 10 nitrogen and oxygen atoms in total.